The summed E-state index contributed by atoms with van der Waals surface area (Å²) < 4.78 is 46.2. The lowest BCUT2D eigenvalue weighted by Gasteiger charge is -2.31. The Morgan fingerprint density at radius 3 is 2.36 bits per heavy atom. The fourth-order valence-electron chi connectivity index (χ4n) is 4.91. The Labute approximate surface area is 210 Å². The summed E-state index contributed by atoms with van der Waals surface area (Å²) in [5.74, 6) is -0.825. The monoisotopic (exact) mass is 505 g/mol. The molecule has 0 saturated heterocycles. The Morgan fingerprint density at radius 2 is 1.78 bits per heavy atom. The van der Waals surface area contributed by atoms with Gasteiger partial charge in [-0.1, -0.05) is 36.4 Å². The fourth-order valence-corrected chi connectivity index (χ4v) is 4.91. The molecule has 0 bridgehead atoms. The molecule has 0 fully saturated rings. The molecule has 3 rings (SSSR count). The highest BCUT2D eigenvalue weighted by atomic mass is 19.4. The van der Waals surface area contributed by atoms with E-state index in [1.807, 2.05) is 0 Å². The second-order valence-corrected chi connectivity index (χ2v) is 10.1. The number of β-amino-alcohol motifs (C(OH)–C–C–N with tert-alkyl or cyclic N) is 1. The third kappa shape index (κ3) is 7.66. The number of carboxylic acid groups (broad SMARTS) is 1. The van der Waals surface area contributed by atoms with Crippen LogP contribution in [0.3, 0.4) is 0 Å². The molecule has 2 aromatic rings. The van der Waals surface area contributed by atoms with E-state index in [4.69, 9.17) is 9.84 Å². The minimum absolute atomic E-state index is 0.0859. The molecule has 0 aromatic heterocycles. The number of rotatable bonds is 11. The van der Waals surface area contributed by atoms with Gasteiger partial charge in [0.15, 0.2) is 0 Å². The molecule has 0 radical (unpaired) electrons. The van der Waals surface area contributed by atoms with Crippen LogP contribution in [0.1, 0.15) is 61.1 Å². The van der Waals surface area contributed by atoms with Crippen molar-refractivity contribution in [3.8, 4) is 0 Å². The highest BCUT2D eigenvalue weighted by Crippen LogP contribution is 2.36. The standard InChI is InChI=1S/C28H34F3NO4/c1-18(23-9-6-10-25(28(29,30)31)24(23)11-12-26(34)35)36-17-22(33)16-32-27(2,3)15-19-13-20-7-4-5-8-21(20)14-19/h4-12,18-19,22,32-33H,13-17H2,1-3H3,(H,34,35)/t18-,22-/m1/s1. The number of fused-ring (bicyclic) bond motifs is 1. The van der Waals surface area contributed by atoms with Gasteiger partial charge in [-0.3, -0.25) is 0 Å². The van der Waals surface area contributed by atoms with E-state index in [0.717, 1.165) is 31.4 Å². The van der Waals surface area contributed by atoms with Crippen molar-refractivity contribution in [1.82, 2.24) is 5.32 Å². The van der Waals surface area contributed by atoms with Crippen molar-refractivity contribution in [3.63, 3.8) is 0 Å². The van der Waals surface area contributed by atoms with Crippen molar-refractivity contribution in [2.45, 2.75) is 64.0 Å². The van der Waals surface area contributed by atoms with E-state index in [1.165, 1.54) is 23.3 Å². The minimum Gasteiger partial charge on any atom is -0.478 e. The van der Waals surface area contributed by atoms with Crippen LogP contribution in [0.2, 0.25) is 0 Å². The van der Waals surface area contributed by atoms with E-state index in [2.05, 4.69) is 43.4 Å². The molecule has 1 aliphatic carbocycles. The Balaban J connectivity index is 1.55. The maximum Gasteiger partial charge on any atom is 0.416 e. The van der Waals surface area contributed by atoms with Crippen molar-refractivity contribution >= 4 is 12.0 Å². The molecule has 0 saturated carbocycles. The molecule has 0 heterocycles. The summed E-state index contributed by atoms with van der Waals surface area (Å²) in [5, 5.41) is 22.8. The average Bonchev–Trinajstić information content (AvgIpc) is 3.20. The molecule has 196 valence electrons. The van der Waals surface area contributed by atoms with Crippen LogP contribution in [0.4, 0.5) is 13.2 Å². The van der Waals surface area contributed by atoms with Gasteiger partial charge in [-0.25, -0.2) is 4.79 Å². The predicted octanol–water partition coefficient (Wildman–Crippen LogP) is 5.42. The van der Waals surface area contributed by atoms with Crippen LogP contribution in [0.25, 0.3) is 6.08 Å². The topological polar surface area (TPSA) is 78.8 Å². The molecule has 0 unspecified atom stereocenters. The fraction of sp³-hybridized carbons (Fsp3) is 0.464. The van der Waals surface area contributed by atoms with E-state index in [9.17, 15) is 23.1 Å². The van der Waals surface area contributed by atoms with Crippen LogP contribution in [0, 0.1) is 5.92 Å². The second-order valence-electron chi connectivity index (χ2n) is 10.1. The molecular formula is C28H34F3NO4. The normalized spacial score (nSPS) is 16.3. The first kappa shape index (κ1) is 27.9. The van der Waals surface area contributed by atoms with Crippen molar-refractivity contribution in [1.29, 1.82) is 0 Å². The summed E-state index contributed by atoms with van der Waals surface area (Å²) in [7, 11) is 0. The first-order chi connectivity index (χ1) is 16.9. The van der Waals surface area contributed by atoms with Gasteiger partial charge in [0.1, 0.15) is 0 Å². The van der Waals surface area contributed by atoms with E-state index in [-0.39, 0.29) is 29.8 Å². The Bertz CT molecular complexity index is 1060. The highest BCUT2D eigenvalue weighted by molar-refractivity contribution is 5.86. The van der Waals surface area contributed by atoms with Crippen molar-refractivity contribution in [2.75, 3.05) is 13.2 Å². The average molecular weight is 506 g/mol. The number of aliphatic hydroxyl groups is 1. The molecule has 0 amide bonds. The summed E-state index contributed by atoms with van der Waals surface area (Å²) in [5.41, 5.74) is 1.58. The molecule has 8 heteroatoms. The van der Waals surface area contributed by atoms with Gasteiger partial charge in [0.2, 0.25) is 0 Å². The van der Waals surface area contributed by atoms with E-state index < -0.39 is 29.9 Å². The zero-order valence-electron chi connectivity index (χ0n) is 20.8. The summed E-state index contributed by atoms with van der Waals surface area (Å²) in [6.07, 6.45) is -1.68. The molecule has 36 heavy (non-hydrogen) atoms. The molecule has 1 aliphatic rings. The number of ether oxygens (including phenoxy) is 1. The number of hydrogen-bond donors (Lipinski definition) is 3. The largest absolute Gasteiger partial charge is 0.478 e. The lowest BCUT2D eigenvalue weighted by Crippen LogP contribution is -2.45. The first-order valence-electron chi connectivity index (χ1n) is 12.1. The number of nitrogens with one attached hydrogen (secondary N) is 1. The summed E-state index contributed by atoms with van der Waals surface area (Å²) in [4.78, 5) is 10.9. The number of carboxylic acids is 1. The first-order valence-corrected chi connectivity index (χ1v) is 12.1. The number of alkyl halides is 3. The van der Waals surface area contributed by atoms with Crippen molar-refractivity contribution < 1.29 is 32.9 Å². The van der Waals surface area contributed by atoms with Crippen molar-refractivity contribution in [2.24, 2.45) is 5.92 Å². The molecule has 3 N–H and O–H groups in total. The maximum atomic E-state index is 13.5. The SMILES string of the molecule is C[C@@H](OC[C@H](O)CNC(C)(C)CC1Cc2ccccc2C1)c1cccc(C(F)(F)F)c1C=CC(=O)O. The highest BCUT2D eigenvalue weighted by Gasteiger charge is 2.34. The lowest BCUT2D eigenvalue weighted by molar-refractivity contribution is -0.138. The van der Waals surface area contributed by atoms with E-state index in [0.29, 0.717) is 12.0 Å². The maximum absolute atomic E-state index is 13.5. The number of aliphatic hydroxyl groups excluding tert-OH is 1. The predicted molar refractivity (Wildman–Crippen MR) is 133 cm³/mol. The third-order valence-electron chi connectivity index (χ3n) is 6.57. The van der Waals surface area contributed by atoms with Gasteiger partial charge >= 0.3 is 12.1 Å². The van der Waals surface area contributed by atoms with Crippen LogP contribution in [0.5, 0.6) is 0 Å². The molecule has 0 aliphatic heterocycles. The molecule has 2 aromatic carbocycles. The number of aliphatic carboxylic acids is 1. The van der Waals surface area contributed by atoms with Crippen LogP contribution >= 0.6 is 0 Å². The molecular weight excluding hydrogens is 471 g/mol. The van der Waals surface area contributed by atoms with Crippen LogP contribution in [0.15, 0.2) is 48.5 Å². The van der Waals surface area contributed by atoms with Crippen LogP contribution in [-0.2, 0) is 28.5 Å². The zero-order chi connectivity index (χ0) is 26.5. The summed E-state index contributed by atoms with van der Waals surface area (Å²) in [6.45, 7) is 5.95. The number of halogens is 3. The van der Waals surface area contributed by atoms with Gasteiger partial charge in [-0.05, 0) is 80.3 Å². The number of benzene rings is 2. The minimum atomic E-state index is -4.65. The number of hydrogen-bond acceptors (Lipinski definition) is 4. The van der Waals surface area contributed by atoms with Gasteiger partial charge in [0.05, 0.1) is 24.4 Å². The number of carbonyl (C=O) groups is 1. The van der Waals surface area contributed by atoms with Gasteiger partial charge in [-0.15, -0.1) is 0 Å². The molecule has 0 spiro atoms. The third-order valence-corrected chi connectivity index (χ3v) is 6.57. The smallest absolute Gasteiger partial charge is 0.416 e. The molecule has 2 atom stereocenters. The van der Waals surface area contributed by atoms with Gasteiger partial charge in [-0.2, -0.15) is 13.2 Å². The second kappa shape index (κ2) is 11.6. The summed E-state index contributed by atoms with van der Waals surface area (Å²) in [6, 6.07) is 12.1. The van der Waals surface area contributed by atoms with Crippen LogP contribution in [-0.4, -0.2) is 41.0 Å². The Morgan fingerprint density at radius 1 is 1.14 bits per heavy atom. The Kier molecular flexibility index (Phi) is 8.98. The molecule has 5 nitrogen and oxygen atoms in total. The van der Waals surface area contributed by atoms with E-state index >= 15 is 0 Å². The van der Waals surface area contributed by atoms with Gasteiger partial charge in [0, 0.05) is 18.2 Å². The zero-order valence-corrected chi connectivity index (χ0v) is 20.8. The van der Waals surface area contributed by atoms with Gasteiger partial charge in [0.25, 0.3) is 0 Å². The lowest BCUT2D eigenvalue weighted by atomic mass is 9.88. The summed E-state index contributed by atoms with van der Waals surface area (Å²) >= 11 is 0. The van der Waals surface area contributed by atoms with Crippen molar-refractivity contribution in [3.05, 3.63) is 76.4 Å². The Hall–Kier alpha value is -2.68. The quantitative estimate of drug-likeness (QED) is 0.356. The van der Waals surface area contributed by atoms with Gasteiger partial charge < -0.3 is 20.3 Å². The van der Waals surface area contributed by atoms with E-state index in [1.54, 1.807) is 6.92 Å². The van der Waals surface area contributed by atoms with Crippen LogP contribution < -0.4 is 5.32 Å².